The average molecular weight is 307 g/mol. The summed E-state index contributed by atoms with van der Waals surface area (Å²) in [4.78, 5) is 8.60. The van der Waals surface area contributed by atoms with Crippen LogP contribution in [0.2, 0.25) is 0 Å². The molecule has 4 heteroatoms. The fourth-order valence-electron chi connectivity index (χ4n) is 2.08. The van der Waals surface area contributed by atoms with Gasteiger partial charge in [-0.3, -0.25) is 0 Å². The number of hydrogen-bond donors (Lipinski definition) is 0. The number of benzene rings is 1. The smallest absolute Gasteiger partial charge is 0.159 e. The van der Waals surface area contributed by atoms with E-state index in [4.69, 9.17) is 10.00 Å². The van der Waals surface area contributed by atoms with E-state index in [9.17, 15) is 0 Å². The van der Waals surface area contributed by atoms with Gasteiger partial charge in [-0.2, -0.15) is 5.26 Å². The van der Waals surface area contributed by atoms with Gasteiger partial charge in [0, 0.05) is 5.56 Å². The molecule has 0 amide bonds. The van der Waals surface area contributed by atoms with E-state index >= 15 is 0 Å². The maximum absolute atomic E-state index is 8.80. The number of nitrogens with zero attached hydrogens (tertiary/aromatic N) is 3. The normalized spacial score (nSPS) is 10.6. The summed E-state index contributed by atoms with van der Waals surface area (Å²) in [6.07, 6.45) is 12.4. The minimum Gasteiger partial charge on any atom is -0.486 e. The zero-order valence-electron chi connectivity index (χ0n) is 13.4. The summed E-state index contributed by atoms with van der Waals surface area (Å²) in [5.41, 5.74) is 1.51. The van der Waals surface area contributed by atoms with Gasteiger partial charge in [-0.1, -0.05) is 31.9 Å². The Balaban J connectivity index is 1.83. The van der Waals surface area contributed by atoms with Crippen molar-refractivity contribution in [3.63, 3.8) is 0 Å². The summed E-state index contributed by atoms with van der Waals surface area (Å²) in [5.74, 6) is 1.28. The lowest BCUT2D eigenvalue weighted by Gasteiger charge is -2.04. The number of hydrogen-bond acceptors (Lipinski definition) is 4. The van der Waals surface area contributed by atoms with Gasteiger partial charge in [-0.25, -0.2) is 9.97 Å². The van der Waals surface area contributed by atoms with Crippen LogP contribution in [0.15, 0.2) is 48.8 Å². The molecule has 1 heterocycles. The minimum absolute atomic E-state index is 0.533. The highest BCUT2D eigenvalue weighted by atomic mass is 16.5. The molecule has 4 nitrogen and oxygen atoms in total. The Hall–Kier alpha value is -2.67. The highest BCUT2D eigenvalue weighted by molar-refractivity contribution is 5.56. The number of unbranched alkanes of at least 4 members (excludes halogenated alkanes) is 3. The van der Waals surface area contributed by atoms with E-state index in [2.05, 4.69) is 29.0 Å². The molecule has 0 saturated carbocycles. The van der Waals surface area contributed by atoms with Gasteiger partial charge in [-0.05, 0) is 37.1 Å². The molecule has 0 unspecified atom stereocenters. The van der Waals surface area contributed by atoms with Crippen LogP contribution in [0.1, 0.15) is 38.2 Å². The number of ether oxygens (including phenoxy) is 1. The molecule has 0 radical (unpaired) electrons. The van der Waals surface area contributed by atoms with Gasteiger partial charge < -0.3 is 4.74 Å². The van der Waals surface area contributed by atoms with Crippen LogP contribution in [0.5, 0.6) is 5.75 Å². The molecule has 0 aliphatic rings. The summed E-state index contributed by atoms with van der Waals surface area (Å²) in [6.45, 7) is 2.74. The number of rotatable bonds is 8. The largest absolute Gasteiger partial charge is 0.486 e. The zero-order chi connectivity index (χ0) is 16.3. The highest BCUT2D eigenvalue weighted by Gasteiger charge is 2.02. The third kappa shape index (κ3) is 5.55. The van der Waals surface area contributed by atoms with Gasteiger partial charge in [0.05, 0.1) is 24.0 Å². The Morgan fingerprint density at radius 1 is 1.09 bits per heavy atom. The van der Waals surface area contributed by atoms with Crippen molar-refractivity contribution in [1.82, 2.24) is 9.97 Å². The lowest BCUT2D eigenvalue weighted by molar-refractivity contribution is 0.359. The molecule has 23 heavy (non-hydrogen) atoms. The number of aromatic nitrogens is 2. The Kier molecular flexibility index (Phi) is 6.80. The molecule has 1 aromatic heterocycles. The van der Waals surface area contributed by atoms with Crippen molar-refractivity contribution in [1.29, 1.82) is 5.26 Å². The Labute approximate surface area is 137 Å². The van der Waals surface area contributed by atoms with Crippen LogP contribution in [0, 0.1) is 11.3 Å². The molecule has 2 rings (SSSR count). The fourth-order valence-corrected chi connectivity index (χ4v) is 2.08. The van der Waals surface area contributed by atoms with Gasteiger partial charge in [-0.15, -0.1) is 0 Å². The minimum atomic E-state index is 0.533. The maximum atomic E-state index is 8.80. The van der Waals surface area contributed by atoms with Gasteiger partial charge in [0.25, 0.3) is 0 Å². The molecular weight excluding hydrogens is 286 g/mol. The molecule has 0 aliphatic heterocycles. The second-order valence-electron chi connectivity index (χ2n) is 5.21. The van der Waals surface area contributed by atoms with E-state index in [0.29, 0.717) is 23.7 Å². The Bertz CT molecular complexity index is 655. The molecule has 0 atom stereocenters. The summed E-state index contributed by atoms with van der Waals surface area (Å²) >= 11 is 0. The molecule has 0 N–H and O–H groups in total. The first-order valence-electron chi connectivity index (χ1n) is 7.94. The monoisotopic (exact) mass is 307 g/mol. The second-order valence-corrected chi connectivity index (χ2v) is 5.21. The van der Waals surface area contributed by atoms with Crippen LogP contribution < -0.4 is 4.74 Å². The molecule has 1 aromatic carbocycles. The van der Waals surface area contributed by atoms with Crippen molar-refractivity contribution in [2.24, 2.45) is 0 Å². The summed E-state index contributed by atoms with van der Waals surface area (Å²) in [5, 5.41) is 8.80. The van der Waals surface area contributed by atoms with E-state index in [0.717, 1.165) is 12.0 Å². The lowest BCUT2D eigenvalue weighted by Crippen LogP contribution is -1.96. The van der Waals surface area contributed by atoms with E-state index in [1.54, 1.807) is 24.5 Å². The Morgan fingerprint density at radius 2 is 1.83 bits per heavy atom. The summed E-state index contributed by atoms with van der Waals surface area (Å²) in [6, 6.07) is 9.29. The van der Waals surface area contributed by atoms with Crippen LogP contribution in [0.25, 0.3) is 11.4 Å². The molecule has 0 fully saturated rings. The molecular formula is C19H21N3O. The molecule has 0 spiro atoms. The SMILES string of the molecule is CCCCCC=CCOc1cnc(-c2ccc(C#N)cc2)nc1. The second kappa shape index (κ2) is 9.37. The molecule has 0 bridgehead atoms. The first kappa shape index (κ1) is 16.7. The summed E-state index contributed by atoms with van der Waals surface area (Å²) < 4.78 is 5.59. The van der Waals surface area contributed by atoms with Crippen LogP contribution in [0.4, 0.5) is 0 Å². The van der Waals surface area contributed by atoms with Gasteiger partial charge in [0.15, 0.2) is 11.6 Å². The van der Waals surface area contributed by atoms with Crippen molar-refractivity contribution < 1.29 is 4.74 Å². The van der Waals surface area contributed by atoms with Crippen molar-refractivity contribution in [2.45, 2.75) is 32.6 Å². The third-order valence-corrected chi connectivity index (χ3v) is 3.39. The molecule has 118 valence electrons. The predicted octanol–water partition coefficient (Wildman–Crippen LogP) is 4.53. The van der Waals surface area contributed by atoms with Crippen LogP contribution >= 0.6 is 0 Å². The van der Waals surface area contributed by atoms with Crippen molar-refractivity contribution >= 4 is 0 Å². The standard InChI is InChI=1S/C19H21N3O/c1-2-3-4-5-6-7-12-23-18-14-21-19(22-15-18)17-10-8-16(13-20)9-11-17/h6-11,14-15H,2-5,12H2,1H3. The van der Waals surface area contributed by atoms with Crippen molar-refractivity contribution in [2.75, 3.05) is 6.61 Å². The Morgan fingerprint density at radius 3 is 2.48 bits per heavy atom. The predicted molar refractivity (Wildman–Crippen MR) is 91.0 cm³/mol. The van der Waals surface area contributed by atoms with Crippen LogP contribution in [0.3, 0.4) is 0 Å². The zero-order valence-corrected chi connectivity index (χ0v) is 13.4. The van der Waals surface area contributed by atoms with Crippen LogP contribution in [-0.4, -0.2) is 16.6 Å². The first-order valence-corrected chi connectivity index (χ1v) is 7.94. The van der Waals surface area contributed by atoms with Gasteiger partial charge in [0.1, 0.15) is 6.61 Å². The molecule has 0 saturated heterocycles. The van der Waals surface area contributed by atoms with Gasteiger partial charge >= 0.3 is 0 Å². The van der Waals surface area contributed by atoms with Crippen molar-refractivity contribution in [3.8, 4) is 23.2 Å². The lowest BCUT2D eigenvalue weighted by atomic mass is 10.1. The van der Waals surface area contributed by atoms with E-state index in [1.807, 2.05) is 18.2 Å². The van der Waals surface area contributed by atoms with Gasteiger partial charge in [0.2, 0.25) is 0 Å². The maximum Gasteiger partial charge on any atom is 0.159 e. The van der Waals surface area contributed by atoms with Crippen LogP contribution in [-0.2, 0) is 0 Å². The van der Waals surface area contributed by atoms with E-state index < -0.39 is 0 Å². The number of nitriles is 1. The number of allylic oxidation sites excluding steroid dienone is 1. The summed E-state index contributed by atoms with van der Waals surface area (Å²) in [7, 11) is 0. The molecule has 2 aromatic rings. The highest BCUT2D eigenvalue weighted by Crippen LogP contribution is 2.17. The van der Waals surface area contributed by atoms with E-state index in [-0.39, 0.29) is 0 Å². The average Bonchev–Trinajstić information content (AvgIpc) is 2.61. The topological polar surface area (TPSA) is 58.8 Å². The quantitative estimate of drug-likeness (QED) is 0.531. The molecule has 0 aliphatic carbocycles. The fraction of sp³-hybridized carbons (Fsp3) is 0.316. The van der Waals surface area contributed by atoms with Crippen molar-refractivity contribution in [3.05, 3.63) is 54.4 Å². The third-order valence-electron chi connectivity index (χ3n) is 3.39. The first-order chi connectivity index (χ1) is 11.3. The van der Waals surface area contributed by atoms with E-state index in [1.165, 1.54) is 19.3 Å².